The van der Waals surface area contributed by atoms with Gasteiger partial charge in [-0.05, 0) is 57.6 Å². The molecule has 2 aromatic rings. The van der Waals surface area contributed by atoms with Crippen molar-refractivity contribution in [1.82, 2.24) is 0 Å². The molecular weight excluding hydrogens is 268 g/mol. The van der Waals surface area contributed by atoms with Crippen LogP contribution >= 0.6 is 0 Å². The van der Waals surface area contributed by atoms with Crippen LogP contribution in [0.5, 0.6) is 0 Å². The highest BCUT2D eigenvalue weighted by Gasteiger charge is 2.38. The van der Waals surface area contributed by atoms with Gasteiger partial charge in [0.05, 0.1) is 6.61 Å². The van der Waals surface area contributed by atoms with Crippen LogP contribution in [0.4, 0.5) is 0 Å². The van der Waals surface area contributed by atoms with Gasteiger partial charge in [-0.3, -0.25) is 0 Å². The summed E-state index contributed by atoms with van der Waals surface area (Å²) in [5.74, 6) is 0. The fraction of sp³-hybridized carbons (Fsp3) is 0.429. The van der Waals surface area contributed by atoms with E-state index >= 15 is 0 Å². The van der Waals surface area contributed by atoms with E-state index in [0.717, 1.165) is 5.56 Å². The number of benzene rings is 2. The molecule has 0 amide bonds. The van der Waals surface area contributed by atoms with Crippen LogP contribution in [0.1, 0.15) is 57.2 Å². The van der Waals surface area contributed by atoms with E-state index in [0.29, 0.717) is 0 Å². The largest absolute Gasteiger partial charge is 0.392 e. The topological polar surface area (TPSA) is 20.2 Å². The van der Waals surface area contributed by atoms with Gasteiger partial charge in [-0.2, -0.15) is 0 Å². The monoisotopic (exact) mass is 294 g/mol. The molecule has 0 saturated carbocycles. The smallest absolute Gasteiger partial charge is 0.0685 e. The fourth-order valence-electron chi connectivity index (χ4n) is 3.84. The van der Waals surface area contributed by atoms with Crippen LogP contribution in [0.15, 0.2) is 42.5 Å². The number of aliphatic hydroxyl groups excluding tert-OH is 1. The van der Waals surface area contributed by atoms with Gasteiger partial charge >= 0.3 is 0 Å². The van der Waals surface area contributed by atoms with Gasteiger partial charge in [0.1, 0.15) is 0 Å². The minimum atomic E-state index is 0.114. The molecule has 0 heterocycles. The molecule has 0 aromatic heterocycles. The third kappa shape index (κ3) is 2.48. The highest BCUT2D eigenvalue weighted by atomic mass is 16.3. The summed E-state index contributed by atoms with van der Waals surface area (Å²) in [6.07, 6.45) is 2.36. The molecule has 0 fully saturated rings. The zero-order valence-corrected chi connectivity index (χ0v) is 14.1. The predicted molar refractivity (Wildman–Crippen MR) is 93.1 cm³/mol. The third-order valence-corrected chi connectivity index (χ3v) is 5.28. The van der Waals surface area contributed by atoms with Crippen molar-refractivity contribution < 1.29 is 5.11 Å². The molecule has 0 unspecified atom stereocenters. The normalized spacial score (nSPS) is 18.8. The van der Waals surface area contributed by atoms with Crippen molar-refractivity contribution in [3.05, 3.63) is 59.2 Å². The lowest BCUT2D eigenvalue weighted by molar-refractivity contribution is 0.269. The van der Waals surface area contributed by atoms with Gasteiger partial charge in [0.2, 0.25) is 0 Å². The van der Waals surface area contributed by atoms with Gasteiger partial charge in [0, 0.05) is 0 Å². The van der Waals surface area contributed by atoms with E-state index in [1.165, 1.54) is 35.1 Å². The van der Waals surface area contributed by atoms with Gasteiger partial charge in [0.15, 0.2) is 0 Å². The summed E-state index contributed by atoms with van der Waals surface area (Å²) in [5.41, 5.74) is 6.61. The maximum absolute atomic E-state index is 9.97. The summed E-state index contributed by atoms with van der Waals surface area (Å²) in [6, 6.07) is 15.0. The molecule has 1 aliphatic rings. The Bertz CT molecular complexity index is 681. The van der Waals surface area contributed by atoms with Crippen molar-refractivity contribution in [2.24, 2.45) is 0 Å². The van der Waals surface area contributed by atoms with E-state index in [9.17, 15) is 5.11 Å². The molecule has 1 aliphatic carbocycles. The van der Waals surface area contributed by atoms with Crippen LogP contribution in [-0.2, 0) is 17.4 Å². The first-order valence-electron chi connectivity index (χ1n) is 8.19. The molecular formula is C21H26O. The second-order valence-electron chi connectivity index (χ2n) is 7.85. The number of hydrogen-bond donors (Lipinski definition) is 1. The third-order valence-electron chi connectivity index (χ3n) is 5.28. The maximum atomic E-state index is 9.97. The van der Waals surface area contributed by atoms with Crippen LogP contribution < -0.4 is 0 Å². The summed E-state index contributed by atoms with van der Waals surface area (Å²) in [6.45, 7) is 9.39. The van der Waals surface area contributed by atoms with E-state index in [1.807, 2.05) is 6.07 Å². The van der Waals surface area contributed by atoms with Gasteiger partial charge in [-0.15, -0.1) is 0 Å². The van der Waals surface area contributed by atoms with Crippen molar-refractivity contribution >= 4 is 0 Å². The summed E-state index contributed by atoms with van der Waals surface area (Å²) in [4.78, 5) is 0. The first-order chi connectivity index (χ1) is 10.3. The molecule has 1 nitrogen and oxygen atoms in total. The molecule has 2 aromatic carbocycles. The van der Waals surface area contributed by atoms with Crippen LogP contribution in [0.25, 0.3) is 11.1 Å². The Kier molecular flexibility index (Phi) is 3.65. The molecule has 0 spiro atoms. The zero-order chi connectivity index (χ0) is 16.0. The van der Waals surface area contributed by atoms with Gasteiger partial charge in [-0.25, -0.2) is 0 Å². The molecule has 22 heavy (non-hydrogen) atoms. The molecule has 0 saturated heterocycles. The first-order valence-corrected chi connectivity index (χ1v) is 8.19. The van der Waals surface area contributed by atoms with E-state index in [4.69, 9.17) is 0 Å². The Balaban J connectivity index is 2.28. The summed E-state index contributed by atoms with van der Waals surface area (Å²) < 4.78 is 0. The Morgan fingerprint density at radius 1 is 0.864 bits per heavy atom. The number of hydrogen-bond acceptors (Lipinski definition) is 1. The number of rotatable bonds is 2. The lowest BCUT2D eigenvalue weighted by Crippen LogP contribution is -2.35. The average molecular weight is 294 g/mol. The van der Waals surface area contributed by atoms with Crippen LogP contribution in [-0.4, -0.2) is 5.11 Å². The Morgan fingerprint density at radius 2 is 1.50 bits per heavy atom. The number of fused-ring (bicyclic) bond motifs is 1. The second-order valence-corrected chi connectivity index (χ2v) is 7.85. The van der Waals surface area contributed by atoms with Gasteiger partial charge in [-0.1, -0.05) is 64.1 Å². The lowest BCUT2D eigenvalue weighted by atomic mass is 9.61. The van der Waals surface area contributed by atoms with E-state index in [-0.39, 0.29) is 17.4 Å². The van der Waals surface area contributed by atoms with Crippen LogP contribution in [0.2, 0.25) is 0 Å². The van der Waals surface area contributed by atoms with Crippen molar-refractivity contribution in [3.63, 3.8) is 0 Å². The van der Waals surface area contributed by atoms with Crippen LogP contribution in [0, 0.1) is 0 Å². The summed E-state index contributed by atoms with van der Waals surface area (Å²) >= 11 is 0. The van der Waals surface area contributed by atoms with Crippen molar-refractivity contribution in [2.75, 3.05) is 0 Å². The first kappa shape index (κ1) is 15.3. The maximum Gasteiger partial charge on any atom is 0.0685 e. The molecule has 0 bridgehead atoms. The molecule has 1 heteroatoms. The SMILES string of the molecule is CC1(C)CCC(C)(C)c2c(CO)cc(-c3ccccc3)cc21. The van der Waals surface area contributed by atoms with E-state index < -0.39 is 0 Å². The molecule has 0 atom stereocenters. The zero-order valence-electron chi connectivity index (χ0n) is 14.1. The van der Waals surface area contributed by atoms with Crippen molar-refractivity contribution in [2.45, 2.75) is 58.0 Å². The van der Waals surface area contributed by atoms with E-state index in [2.05, 4.69) is 64.1 Å². The molecule has 0 radical (unpaired) electrons. The molecule has 3 rings (SSSR count). The number of aliphatic hydroxyl groups is 1. The van der Waals surface area contributed by atoms with Crippen LogP contribution in [0.3, 0.4) is 0 Å². The second kappa shape index (κ2) is 5.24. The average Bonchev–Trinajstić information content (AvgIpc) is 2.51. The minimum absolute atomic E-state index is 0.114. The quantitative estimate of drug-likeness (QED) is 0.807. The lowest BCUT2D eigenvalue weighted by Gasteiger charge is -2.43. The van der Waals surface area contributed by atoms with E-state index in [1.54, 1.807) is 0 Å². The summed E-state index contributed by atoms with van der Waals surface area (Å²) in [5, 5.41) is 9.97. The molecule has 1 N–H and O–H groups in total. The van der Waals surface area contributed by atoms with Crippen molar-refractivity contribution in [3.8, 4) is 11.1 Å². The molecule has 0 aliphatic heterocycles. The van der Waals surface area contributed by atoms with Gasteiger partial charge in [0.25, 0.3) is 0 Å². The molecule has 116 valence electrons. The predicted octanol–water partition coefficient (Wildman–Crippen LogP) is 5.19. The Hall–Kier alpha value is -1.60. The highest BCUT2D eigenvalue weighted by molar-refractivity contribution is 5.68. The standard InChI is InChI=1S/C21H26O/c1-20(2)10-11-21(3,4)19-17(14-22)12-16(13-18(19)20)15-8-6-5-7-9-15/h5-9,12-13,22H,10-11,14H2,1-4H3. The fourth-order valence-corrected chi connectivity index (χ4v) is 3.84. The highest BCUT2D eigenvalue weighted by Crippen LogP contribution is 2.48. The van der Waals surface area contributed by atoms with Crippen molar-refractivity contribution in [1.29, 1.82) is 0 Å². The Labute approximate surface area is 134 Å². The minimum Gasteiger partial charge on any atom is -0.392 e. The van der Waals surface area contributed by atoms with Gasteiger partial charge < -0.3 is 5.11 Å². The Morgan fingerprint density at radius 3 is 2.14 bits per heavy atom. The summed E-state index contributed by atoms with van der Waals surface area (Å²) in [7, 11) is 0.